The van der Waals surface area contributed by atoms with Crippen LogP contribution in [0.1, 0.15) is 20.3 Å². The van der Waals surface area contributed by atoms with Crippen molar-refractivity contribution in [2.45, 2.75) is 20.3 Å². The van der Waals surface area contributed by atoms with Crippen molar-refractivity contribution in [1.82, 2.24) is 0 Å². The van der Waals surface area contributed by atoms with Gasteiger partial charge in [-0.05, 0) is 16.4 Å². The monoisotopic (exact) mass is 210 g/mol. The van der Waals surface area contributed by atoms with Gasteiger partial charge in [0.15, 0.2) is 0 Å². The van der Waals surface area contributed by atoms with E-state index in [0.29, 0.717) is 0 Å². The van der Waals surface area contributed by atoms with Crippen LogP contribution in [0.3, 0.4) is 0 Å². The number of halogens is 1. The molecule has 0 heterocycles. The predicted octanol–water partition coefficient (Wildman–Crippen LogP) is 2.98. The Morgan fingerprint density at radius 1 is 1.57 bits per heavy atom. The van der Waals surface area contributed by atoms with Gasteiger partial charge >= 0.3 is 0 Å². The topological polar surface area (TPSA) is 0 Å². The number of hydrogen-bond donors (Lipinski definition) is 0. The van der Waals surface area contributed by atoms with Gasteiger partial charge < -0.3 is 0 Å². The number of allylic oxidation sites excluding steroid dienone is 1. The van der Waals surface area contributed by atoms with Crippen LogP contribution in [0, 0.1) is 5.92 Å². The van der Waals surface area contributed by atoms with Crippen molar-refractivity contribution >= 4 is 22.6 Å². The molecule has 0 fully saturated rings. The Bertz CT molecular complexity index is 55.2. The Hall–Kier alpha value is 0.470. The first-order chi connectivity index (χ1) is 3.27. The van der Waals surface area contributed by atoms with E-state index in [1.54, 1.807) is 0 Å². The molecule has 0 atom stereocenters. The van der Waals surface area contributed by atoms with Gasteiger partial charge in [0.25, 0.3) is 0 Å². The molecular formula is C6H11I. The highest BCUT2D eigenvalue weighted by Gasteiger charge is 1.84. The minimum Gasteiger partial charge on any atom is -0.0782 e. The molecule has 7 heavy (non-hydrogen) atoms. The smallest absolute Gasteiger partial charge is 0.0274 e. The predicted molar refractivity (Wildman–Crippen MR) is 42.6 cm³/mol. The van der Waals surface area contributed by atoms with Gasteiger partial charge in [0.1, 0.15) is 0 Å². The lowest BCUT2D eigenvalue weighted by Crippen LogP contribution is -1.79. The van der Waals surface area contributed by atoms with Crippen molar-refractivity contribution in [2.24, 2.45) is 5.92 Å². The molecule has 1 heteroatoms. The summed E-state index contributed by atoms with van der Waals surface area (Å²) in [4.78, 5) is 0. The van der Waals surface area contributed by atoms with Gasteiger partial charge in [0, 0.05) is 0 Å². The lowest BCUT2D eigenvalue weighted by atomic mass is 10.1. The van der Waals surface area contributed by atoms with Gasteiger partial charge in [-0.15, -0.1) is 0 Å². The largest absolute Gasteiger partial charge is 0.0782 e. The van der Waals surface area contributed by atoms with Crippen LogP contribution in [-0.4, -0.2) is 0 Å². The quantitative estimate of drug-likeness (QED) is 0.614. The summed E-state index contributed by atoms with van der Waals surface area (Å²) in [6, 6.07) is 0. The summed E-state index contributed by atoms with van der Waals surface area (Å²) in [7, 11) is 0. The molecule has 42 valence electrons. The molecule has 0 aliphatic heterocycles. The van der Waals surface area contributed by atoms with Crippen LogP contribution in [0.15, 0.2) is 10.2 Å². The normalized spacial score (nSPS) is 11.4. The van der Waals surface area contributed by atoms with E-state index in [1.807, 2.05) is 0 Å². The molecule has 0 aromatic rings. The highest BCUT2D eigenvalue weighted by Crippen LogP contribution is 2.00. The molecule has 0 aromatic heterocycles. The SMILES string of the molecule is CC(C)C/C=C/I. The average Bonchev–Trinajstić information content (AvgIpc) is 1.61. The Morgan fingerprint density at radius 3 is 2.29 bits per heavy atom. The summed E-state index contributed by atoms with van der Waals surface area (Å²) < 4.78 is 2.07. The molecule has 0 aliphatic carbocycles. The summed E-state index contributed by atoms with van der Waals surface area (Å²) in [5.74, 6) is 0.811. The van der Waals surface area contributed by atoms with Crippen molar-refractivity contribution in [3.05, 3.63) is 10.2 Å². The first kappa shape index (κ1) is 7.47. The molecule has 0 saturated heterocycles. The van der Waals surface area contributed by atoms with Crippen molar-refractivity contribution in [1.29, 1.82) is 0 Å². The Balaban J connectivity index is 2.97. The molecule has 0 radical (unpaired) electrons. The van der Waals surface area contributed by atoms with Gasteiger partial charge in [0.05, 0.1) is 0 Å². The maximum absolute atomic E-state index is 2.24. The highest BCUT2D eigenvalue weighted by molar-refractivity contribution is 14.1. The Morgan fingerprint density at radius 2 is 2.14 bits per heavy atom. The van der Waals surface area contributed by atoms with E-state index >= 15 is 0 Å². The van der Waals surface area contributed by atoms with Gasteiger partial charge in [-0.2, -0.15) is 0 Å². The number of rotatable bonds is 2. The Kier molecular flexibility index (Phi) is 4.94. The molecule has 0 aromatic carbocycles. The molecule has 0 nitrogen and oxygen atoms in total. The lowest BCUT2D eigenvalue weighted by Gasteiger charge is -1.93. The Labute approximate surface area is 59.1 Å². The van der Waals surface area contributed by atoms with Crippen molar-refractivity contribution in [2.75, 3.05) is 0 Å². The van der Waals surface area contributed by atoms with E-state index < -0.39 is 0 Å². The van der Waals surface area contributed by atoms with Crippen molar-refractivity contribution < 1.29 is 0 Å². The maximum atomic E-state index is 2.24. The average molecular weight is 210 g/mol. The minimum absolute atomic E-state index is 0.811. The molecular weight excluding hydrogens is 199 g/mol. The molecule has 0 rings (SSSR count). The first-order valence-corrected chi connectivity index (χ1v) is 3.77. The molecule has 0 spiro atoms. The number of hydrogen-bond acceptors (Lipinski definition) is 0. The summed E-state index contributed by atoms with van der Waals surface area (Å²) in [6.45, 7) is 4.44. The summed E-state index contributed by atoms with van der Waals surface area (Å²) >= 11 is 2.24. The highest BCUT2D eigenvalue weighted by atomic mass is 127. The molecule has 0 N–H and O–H groups in total. The fourth-order valence-electron chi connectivity index (χ4n) is 0.324. The third kappa shape index (κ3) is 6.47. The van der Waals surface area contributed by atoms with Gasteiger partial charge in [-0.1, -0.05) is 42.5 Å². The standard InChI is InChI=1S/C6H11I/c1-6(2)4-3-5-7/h3,5-6H,4H2,1-2H3/b5-3+. The van der Waals surface area contributed by atoms with Crippen molar-refractivity contribution in [3.8, 4) is 0 Å². The summed E-state index contributed by atoms with van der Waals surface area (Å²) in [5, 5.41) is 0. The second-order valence-electron chi connectivity index (χ2n) is 1.99. The van der Waals surface area contributed by atoms with E-state index in [9.17, 15) is 0 Å². The van der Waals surface area contributed by atoms with Crippen LogP contribution in [0.25, 0.3) is 0 Å². The van der Waals surface area contributed by atoms with Crippen LogP contribution < -0.4 is 0 Å². The second kappa shape index (κ2) is 4.62. The van der Waals surface area contributed by atoms with Crippen molar-refractivity contribution in [3.63, 3.8) is 0 Å². The van der Waals surface area contributed by atoms with E-state index in [4.69, 9.17) is 0 Å². The third-order valence-corrected chi connectivity index (χ3v) is 1.21. The van der Waals surface area contributed by atoms with E-state index in [2.05, 4.69) is 46.6 Å². The van der Waals surface area contributed by atoms with E-state index in [0.717, 1.165) is 5.92 Å². The molecule has 0 amide bonds. The van der Waals surface area contributed by atoms with Gasteiger partial charge in [-0.25, -0.2) is 0 Å². The van der Waals surface area contributed by atoms with Crippen LogP contribution in [-0.2, 0) is 0 Å². The zero-order chi connectivity index (χ0) is 5.70. The molecule has 0 bridgehead atoms. The summed E-state index contributed by atoms with van der Waals surface area (Å²) in [6.07, 6.45) is 3.40. The second-order valence-corrected chi connectivity index (χ2v) is 2.71. The zero-order valence-electron chi connectivity index (χ0n) is 4.82. The minimum atomic E-state index is 0.811. The van der Waals surface area contributed by atoms with Gasteiger partial charge in [-0.3, -0.25) is 0 Å². The van der Waals surface area contributed by atoms with Crippen LogP contribution >= 0.6 is 22.6 Å². The fourth-order valence-corrected chi connectivity index (χ4v) is 0.617. The third-order valence-electron chi connectivity index (χ3n) is 0.697. The molecule has 0 saturated carbocycles. The zero-order valence-corrected chi connectivity index (χ0v) is 6.97. The summed E-state index contributed by atoms with van der Waals surface area (Å²) in [5.41, 5.74) is 0. The fraction of sp³-hybridized carbons (Fsp3) is 0.667. The van der Waals surface area contributed by atoms with E-state index in [1.165, 1.54) is 6.42 Å². The first-order valence-electron chi connectivity index (χ1n) is 2.52. The maximum Gasteiger partial charge on any atom is -0.0274 e. The van der Waals surface area contributed by atoms with E-state index in [-0.39, 0.29) is 0 Å². The van der Waals surface area contributed by atoms with Crippen LogP contribution in [0.2, 0.25) is 0 Å². The van der Waals surface area contributed by atoms with Crippen LogP contribution in [0.4, 0.5) is 0 Å². The van der Waals surface area contributed by atoms with Gasteiger partial charge in [0.2, 0.25) is 0 Å². The molecule has 0 unspecified atom stereocenters. The molecule has 0 aliphatic rings. The van der Waals surface area contributed by atoms with Crippen LogP contribution in [0.5, 0.6) is 0 Å². The lowest BCUT2D eigenvalue weighted by molar-refractivity contribution is 0.664.